The van der Waals surface area contributed by atoms with E-state index in [1.807, 2.05) is 19.2 Å². The number of nitrogens with one attached hydrogen (secondary N) is 2. The lowest BCUT2D eigenvalue weighted by Crippen LogP contribution is -2.40. The number of aromatic nitrogens is 4. The summed E-state index contributed by atoms with van der Waals surface area (Å²) in [5.41, 5.74) is 3.10. The zero-order chi connectivity index (χ0) is 24.6. The Labute approximate surface area is 212 Å². The molecule has 2 unspecified atom stereocenters. The number of aryl methyl sites for hydroxylation is 1. The molecule has 1 saturated carbocycles. The minimum atomic E-state index is -0.284. The Hall–Kier alpha value is -3.14. The maximum Gasteiger partial charge on any atom is 0.414 e. The number of hydrogen-bond acceptors (Lipinski definition) is 8. The second-order valence-corrected chi connectivity index (χ2v) is 10.7. The zero-order valence-corrected chi connectivity index (χ0v) is 21.2. The number of nitrogens with zero attached hydrogens (tertiary/aromatic N) is 6. The molecule has 2 bridgehead atoms. The molecule has 3 fully saturated rings. The molecule has 1 aliphatic carbocycles. The molecular formula is C26H36N8O2. The molecule has 6 rings (SSSR count). The largest absolute Gasteiger partial charge is 0.418 e. The first kappa shape index (κ1) is 23.3. The molecule has 2 aromatic heterocycles. The number of anilines is 3. The second kappa shape index (κ2) is 9.72. The molecule has 10 heteroatoms. The Morgan fingerprint density at radius 3 is 2.69 bits per heavy atom. The second-order valence-electron chi connectivity index (χ2n) is 10.7. The van der Waals surface area contributed by atoms with Crippen molar-refractivity contribution in [2.45, 2.75) is 75.9 Å². The van der Waals surface area contributed by atoms with Crippen LogP contribution in [0.5, 0.6) is 0 Å². The van der Waals surface area contributed by atoms with Gasteiger partial charge in [-0.15, -0.1) is 0 Å². The maximum absolute atomic E-state index is 11.8. The summed E-state index contributed by atoms with van der Waals surface area (Å²) in [6.45, 7) is 4.00. The Morgan fingerprint density at radius 2 is 1.94 bits per heavy atom. The third-order valence-electron chi connectivity index (χ3n) is 8.19. The predicted octanol–water partition coefficient (Wildman–Crippen LogP) is 4.17. The zero-order valence-electron chi connectivity index (χ0n) is 21.2. The Bertz CT molecular complexity index is 1130. The average molecular weight is 493 g/mol. The van der Waals surface area contributed by atoms with Crippen LogP contribution < -0.4 is 10.6 Å². The standard InChI is InChI=1S/C26H36N8O2/c1-17-23(16-34(31-17)21-13-19-7-8-20(14-21)32(19)2)29-25-28-15-22(18-5-6-18)24(30-25)27-9-3-10-33-11-4-12-36-26(33)35/h4,12,15-16,18-21H,3,5-11,13-14H2,1-2H3,(H2,27,28,29,30). The van der Waals surface area contributed by atoms with Crippen LogP contribution >= 0.6 is 0 Å². The topological polar surface area (TPSA) is 100 Å². The first-order valence-corrected chi connectivity index (χ1v) is 13.3. The van der Waals surface area contributed by atoms with Crippen molar-refractivity contribution in [3.05, 3.63) is 36.0 Å². The normalized spacial score (nSPS) is 25.8. The fraction of sp³-hybridized carbons (Fsp3) is 0.615. The van der Waals surface area contributed by atoms with E-state index in [0.717, 1.165) is 30.2 Å². The van der Waals surface area contributed by atoms with Crippen molar-refractivity contribution in [2.24, 2.45) is 0 Å². The number of cyclic esters (lactones) is 1. The molecule has 0 spiro atoms. The lowest BCUT2D eigenvalue weighted by Gasteiger charge is -2.36. The van der Waals surface area contributed by atoms with Gasteiger partial charge >= 0.3 is 6.09 Å². The van der Waals surface area contributed by atoms with Gasteiger partial charge in [-0.3, -0.25) is 4.68 Å². The molecule has 0 radical (unpaired) electrons. The first-order chi connectivity index (χ1) is 17.5. The van der Waals surface area contributed by atoms with Crippen LogP contribution in [0.25, 0.3) is 0 Å². The Balaban J connectivity index is 1.11. The van der Waals surface area contributed by atoms with Crippen LogP contribution in [-0.2, 0) is 4.74 Å². The maximum atomic E-state index is 11.8. The van der Waals surface area contributed by atoms with Crippen LogP contribution in [-0.4, -0.2) is 74.4 Å². The number of carbonyl (C=O) groups excluding carboxylic acids is 1. The van der Waals surface area contributed by atoms with Crippen molar-refractivity contribution < 1.29 is 9.53 Å². The third kappa shape index (κ3) is 4.78. The Kier molecular flexibility index (Phi) is 6.29. The van der Waals surface area contributed by atoms with E-state index < -0.39 is 0 Å². The van der Waals surface area contributed by atoms with Crippen molar-refractivity contribution in [1.29, 1.82) is 0 Å². The first-order valence-electron chi connectivity index (χ1n) is 13.3. The van der Waals surface area contributed by atoms with Gasteiger partial charge in [0, 0.05) is 49.7 Å². The van der Waals surface area contributed by atoms with Crippen molar-refractivity contribution in [2.75, 3.05) is 37.3 Å². The highest BCUT2D eigenvalue weighted by atomic mass is 16.5. The highest BCUT2D eigenvalue weighted by Crippen LogP contribution is 2.43. The summed E-state index contributed by atoms with van der Waals surface area (Å²) in [6, 6.07) is 1.81. The van der Waals surface area contributed by atoms with Gasteiger partial charge in [-0.05, 0) is 70.9 Å². The van der Waals surface area contributed by atoms with E-state index in [4.69, 9.17) is 14.8 Å². The molecule has 2 N–H and O–H groups in total. The van der Waals surface area contributed by atoms with Gasteiger partial charge in [-0.1, -0.05) is 0 Å². The molecule has 2 aromatic rings. The van der Waals surface area contributed by atoms with Crippen molar-refractivity contribution >= 4 is 23.5 Å². The van der Waals surface area contributed by atoms with Gasteiger partial charge in [-0.25, -0.2) is 9.78 Å². The summed E-state index contributed by atoms with van der Waals surface area (Å²) in [7, 11) is 2.27. The van der Waals surface area contributed by atoms with Crippen molar-refractivity contribution in [1.82, 2.24) is 29.5 Å². The predicted molar refractivity (Wildman–Crippen MR) is 137 cm³/mol. The van der Waals surface area contributed by atoms with Gasteiger partial charge < -0.3 is 25.2 Å². The van der Waals surface area contributed by atoms with E-state index in [2.05, 4.69) is 38.4 Å². The lowest BCUT2D eigenvalue weighted by molar-refractivity contribution is 0.131. The molecule has 4 aliphatic rings. The number of piperidine rings is 1. The fourth-order valence-corrected chi connectivity index (χ4v) is 5.88. The molecular weight excluding hydrogens is 456 g/mol. The Morgan fingerprint density at radius 1 is 1.14 bits per heavy atom. The summed E-state index contributed by atoms with van der Waals surface area (Å²) >= 11 is 0. The highest BCUT2D eigenvalue weighted by molar-refractivity contribution is 5.69. The van der Waals surface area contributed by atoms with Crippen LogP contribution in [0.1, 0.15) is 68.2 Å². The average Bonchev–Trinajstić information content (AvgIpc) is 3.62. The smallest absolute Gasteiger partial charge is 0.414 e. The SMILES string of the molecule is Cc1nn(C2CC3CCC(C2)N3C)cc1Nc1ncc(C2CC2)c(NCCCN2CC=COC2=O)n1. The number of ether oxygens (including phenoxy) is 1. The summed E-state index contributed by atoms with van der Waals surface area (Å²) < 4.78 is 7.11. The van der Waals surface area contributed by atoms with E-state index >= 15 is 0 Å². The van der Waals surface area contributed by atoms with Gasteiger partial charge in [-0.2, -0.15) is 10.1 Å². The van der Waals surface area contributed by atoms with Crippen LogP contribution in [0.3, 0.4) is 0 Å². The van der Waals surface area contributed by atoms with Crippen molar-refractivity contribution in [3.63, 3.8) is 0 Å². The third-order valence-corrected chi connectivity index (χ3v) is 8.19. The number of amides is 1. The minimum Gasteiger partial charge on any atom is -0.418 e. The van der Waals surface area contributed by atoms with Gasteiger partial charge in [0.25, 0.3) is 0 Å². The van der Waals surface area contributed by atoms with Crippen LogP contribution in [0.2, 0.25) is 0 Å². The summed E-state index contributed by atoms with van der Waals surface area (Å²) in [5.74, 6) is 2.00. The molecule has 10 nitrogen and oxygen atoms in total. The molecule has 192 valence electrons. The van der Waals surface area contributed by atoms with Gasteiger partial charge in [0.15, 0.2) is 0 Å². The number of rotatable bonds is 9. The van der Waals surface area contributed by atoms with Gasteiger partial charge in [0.1, 0.15) is 5.82 Å². The van der Waals surface area contributed by atoms with Crippen LogP contribution in [0.4, 0.5) is 22.2 Å². The molecule has 1 amide bonds. The van der Waals surface area contributed by atoms with E-state index in [-0.39, 0.29) is 6.09 Å². The number of carbonyl (C=O) groups is 1. The lowest BCUT2D eigenvalue weighted by atomic mass is 9.98. The molecule has 36 heavy (non-hydrogen) atoms. The molecule has 2 atom stereocenters. The van der Waals surface area contributed by atoms with Crippen LogP contribution in [0, 0.1) is 6.92 Å². The van der Waals surface area contributed by atoms with E-state index in [0.29, 0.717) is 43.1 Å². The molecule has 3 aliphatic heterocycles. The summed E-state index contributed by atoms with van der Waals surface area (Å²) in [6.07, 6.45) is 15.2. The number of fused-ring (bicyclic) bond motifs is 2. The monoisotopic (exact) mass is 492 g/mol. The molecule has 5 heterocycles. The molecule has 0 aromatic carbocycles. The highest BCUT2D eigenvalue weighted by Gasteiger charge is 2.39. The minimum absolute atomic E-state index is 0.284. The quantitative estimate of drug-likeness (QED) is 0.503. The van der Waals surface area contributed by atoms with Gasteiger partial charge in [0.2, 0.25) is 5.95 Å². The van der Waals surface area contributed by atoms with Crippen LogP contribution in [0.15, 0.2) is 24.7 Å². The number of hydrogen-bond donors (Lipinski definition) is 2. The van der Waals surface area contributed by atoms with Crippen molar-refractivity contribution in [3.8, 4) is 0 Å². The summed E-state index contributed by atoms with van der Waals surface area (Å²) in [5, 5.41) is 11.8. The molecule has 2 saturated heterocycles. The van der Waals surface area contributed by atoms with E-state index in [1.54, 1.807) is 4.90 Å². The van der Waals surface area contributed by atoms with Gasteiger partial charge in [0.05, 0.1) is 23.7 Å². The fourth-order valence-electron chi connectivity index (χ4n) is 5.88. The summed E-state index contributed by atoms with van der Waals surface area (Å²) in [4.78, 5) is 25.5. The van der Waals surface area contributed by atoms with E-state index in [9.17, 15) is 4.79 Å². The van der Waals surface area contributed by atoms with E-state index in [1.165, 1.54) is 50.4 Å².